The predicted molar refractivity (Wildman–Crippen MR) is 97.6 cm³/mol. The number of carbonyl (C=O) groups is 1. The smallest absolute Gasteiger partial charge is 0.311 e. The van der Waals surface area contributed by atoms with Crippen LogP contribution in [0.5, 0.6) is 5.75 Å². The van der Waals surface area contributed by atoms with Gasteiger partial charge in [-0.1, -0.05) is 12.1 Å². The summed E-state index contributed by atoms with van der Waals surface area (Å²) < 4.78 is 12.0. The molecule has 0 aliphatic carbocycles. The zero-order valence-electron chi connectivity index (χ0n) is 15.2. The van der Waals surface area contributed by atoms with Crippen molar-refractivity contribution < 1.29 is 14.3 Å². The molecule has 1 aromatic carbocycles. The standard InChI is InChI=1S/C19H20N4O3/c1-12-8-9-16(25-3)14(10-12)21-22-19-15(11-18(24)26-4)20-17-7-5-6-13(2)23(17)19/h5-10H,11H2,1-4H3. The van der Waals surface area contributed by atoms with Crippen molar-refractivity contribution in [3.63, 3.8) is 0 Å². The van der Waals surface area contributed by atoms with Gasteiger partial charge in [0, 0.05) is 5.69 Å². The van der Waals surface area contributed by atoms with Crippen LogP contribution in [0.4, 0.5) is 11.5 Å². The molecule has 0 saturated carbocycles. The summed E-state index contributed by atoms with van der Waals surface area (Å²) in [5, 5.41) is 8.75. The van der Waals surface area contributed by atoms with Crippen LogP contribution in [0, 0.1) is 13.8 Å². The average molecular weight is 352 g/mol. The summed E-state index contributed by atoms with van der Waals surface area (Å²) in [6.45, 7) is 3.92. The first-order chi connectivity index (χ1) is 12.5. The fraction of sp³-hybridized carbons (Fsp3) is 0.263. The molecule has 0 amide bonds. The molecular formula is C19H20N4O3. The minimum absolute atomic E-state index is 0.0247. The molecule has 7 heteroatoms. The van der Waals surface area contributed by atoms with Gasteiger partial charge in [-0.3, -0.25) is 9.20 Å². The first kappa shape index (κ1) is 17.6. The Morgan fingerprint density at radius 3 is 2.69 bits per heavy atom. The van der Waals surface area contributed by atoms with E-state index in [1.54, 1.807) is 7.11 Å². The molecule has 7 nitrogen and oxygen atoms in total. The number of hydrogen-bond acceptors (Lipinski definition) is 6. The fourth-order valence-electron chi connectivity index (χ4n) is 2.69. The number of hydrogen-bond donors (Lipinski definition) is 0. The maximum atomic E-state index is 11.8. The zero-order valence-corrected chi connectivity index (χ0v) is 15.2. The van der Waals surface area contributed by atoms with E-state index in [0.29, 0.717) is 28.6 Å². The predicted octanol–water partition coefficient (Wildman–Crippen LogP) is 4.09. The van der Waals surface area contributed by atoms with Crippen LogP contribution in [-0.2, 0) is 16.0 Å². The van der Waals surface area contributed by atoms with Gasteiger partial charge >= 0.3 is 5.97 Å². The molecule has 2 heterocycles. The molecule has 2 aromatic heterocycles. The van der Waals surface area contributed by atoms with Crippen LogP contribution < -0.4 is 4.74 Å². The Bertz CT molecular complexity index is 992. The lowest BCUT2D eigenvalue weighted by atomic mass is 10.2. The first-order valence-electron chi connectivity index (χ1n) is 8.13. The summed E-state index contributed by atoms with van der Waals surface area (Å²) in [5.41, 5.74) is 3.82. The molecule has 0 N–H and O–H groups in total. The Labute approximate surface area is 151 Å². The molecule has 134 valence electrons. The number of ether oxygens (including phenoxy) is 2. The van der Waals surface area contributed by atoms with E-state index in [1.807, 2.05) is 54.6 Å². The Morgan fingerprint density at radius 2 is 1.96 bits per heavy atom. The summed E-state index contributed by atoms with van der Waals surface area (Å²) in [5.74, 6) is 0.752. The number of benzene rings is 1. The number of esters is 1. The highest BCUT2D eigenvalue weighted by Gasteiger charge is 2.17. The third-order valence-corrected chi connectivity index (χ3v) is 4.01. The van der Waals surface area contributed by atoms with Gasteiger partial charge in [0.2, 0.25) is 0 Å². The molecule has 0 fully saturated rings. The second-order valence-electron chi connectivity index (χ2n) is 5.87. The van der Waals surface area contributed by atoms with Crippen molar-refractivity contribution in [1.82, 2.24) is 9.38 Å². The molecule has 3 aromatic rings. The Kier molecular flexibility index (Phi) is 4.97. The van der Waals surface area contributed by atoms with E-state index >= 15 is 0 Å². The second kappa shape index (κ2) is 7.35. The lowest BCUT2D eigenvalue weighted by Crippen LogP contribution is -2.04. The van der Waals surface area contributed by atoms with Crippen LogP contribution in [0.15, 0.2) is 46.6 Å². The number of azo groups is 1. The molecule has 0 bridgehead atoms. The van der Waals surface area contributed by atoms with Crippen molar-refractivity contribution in [3.05, 3.63) is 53.3 Å². The van der Waals surface area contributed by atoms with E-state index < -0.39 is 0 Å². The van der Waals surface area contributed by atoms with Gasteiger partial charge in [0.05, 0.1) is 26.3 Å². The van der Waals surface area contributed by atoms with Crippen LogP contribution in [0.3, 0.4) is 0 Å². The van der Waals surface area contributed by atoms with E-state index in [4.69, 9.17) is 9.47 Å². The van der Waals surface area contributed by atoms with Crippen LogP contribution in [0.25, 0.3) is 5.65 Å². The molecule has 0 atom stereocenters. The van der Waals surface area contributed by atoms with E-state index in [9.17, 15) is 4.79 Å². The van der Waals surface area contributed by atoms with Gasteiger partial charge in [-0.15, -0.1) is 10.2 Å². The summed E-state index contributed by atoms with van der Waals surface area (Å²) in [6.07, 6.45) is 0.0247. The highest BCUT2D eigenvalue weighted by atomic mass is 16.5. The Hall–Kier alpha value is -3.22. The quantitative estimate of drug-likeness (QED) is 0.512. The number of methoxy groups -OCH3 is 2. The third kappa shape index (κ3) is 3.42. The van der Waals surface area contributed by atoms with Gasteiger partial charge in [0.15, 0.2) is 5.82 Å². The number of aromatic nitrogens is 2. The normalized spacial score (nSPS) is 11.2. The monoisotopic (exact) mass is 352 g/mol. The fourth-order valence-corrected chi connectivity index (χ4v) is 2.69. The highest BCUT2D eigenvalue weighted by molar-refractivity contribution is 5.74. The maximum Gasteiger partial charge on any atom is 0.311 e. The summed E-state index contributed by atoms with van der Waals surface area (Å²) in [6, 6.07) is 11.4. The van der Waals surface area contributed by atoms with Crippen molar-refractivity contribution >= 4 is 23.1 Å². The van der Waals surface area contributed by atoms with Crippen molar-refractivity contribution in [2.75, 3.05) is 14.2 Å². The van der Waals surface area contributed by atoms with Crippen LogP contribution in [0.2, 0.25) is 0 Å². The van der Waals surface area contributed by atoms with Crippen molar-refractivity contribution in [2.24, 2.45) is 10.2 Å². The summed E-state index contributed by atoms with van der Waals surface area (Å²) in [4.78, 5) is 16.3. The van der Waals surface area contributed by atoms with E-state index in [0.717, 1.165) is 11.3 Å². The average Bonchev–Trinajstić information content (AvgIpc) is 2.98. The van der Waals surface area contributed by atoms with E-state index in [1.165, 1.54) is 7.11 Å². The summed E-state index contributed by atoms with van der Waals surface area (Å²) in [7, 11) is 2.94. The molecule has 0 radical (unpaired) electrons. The molecule has 0 unspecified atom stereocenters. The van der Waals surface area contributed by atoms with Crippen LogP contribution in [0.1, 0.15) is 17.0 Å². The van der Waals surface area contributed by atoms with E-state index in [-0.39, 0.29) is 12.4 Å². The molecule has 0 aliphatic rings. The van der Waals surface area contributed by atoms with Crippen LogP contribution in [-0.4, -0.2) is 29.6 Å². The molecule has 3 rings (SSSR count). The minimum Gasteiger partial charge on any atom is -0.494 e. The number of nitrogens with zero attached hydrogens (tertiary/aromatic N) is 4. The van der Waals surface area contributed by atoms with Crippen molar-refractivity contribution in [3.8, 4) is 5.75 Å². The van der Waals surface area contributed by atoms with Crippen molar-refractivity contribution in [2.45, 2.75) is 20.3 Å². The van der Waals surface area contributed by atoms with Crippen molar-refractivity contribution in [1.29, 1.82) is 0 Å². The molecule has 0 saturated heterocycles. The highest BCUT2D eigenvalue weighted by Crippen LogP contribution is 2.31. The molecule has 0 aliphatic heterocycles. The first-order valence-corrected chi connectivity index (χ1v) is 8.13. The topological polar surface area (TPSA) is 77.5 Å². The molecule has 0 spiro atoms. The number of rotatable bonds is 5. The zero-order chi connectivity index (χ0) is 18.7. The maximum absolute atomic E-state index is 11.8. The van der Waals surface area contributed by atoms with Gasteiger partial charge in [0.1, 0.15) is 17.1 Å². The molecular weight excluding hydrogens is 332 g/mol. The Morgan fingerprint density at radius 1 is 1.15 bits per heavy atom. The minimum atomic E-state index is -0.379. The lowest BCUT2D eigenvalue weighted by molar-refractivity contribution is -0.139. The van der Waals surface area contributed by atoms with Gasteiger partial charge in [-0.2, -0.15) is 0 Å². The number of imidazole rings is 1. The van der Waals surface area contributed by atoms with Gasteiger partial charge in [-0.05, 0) is 43.7 Å². The second-order valence-corrected chi connectivity index (χ2v) is 5.87. The SMILES string of the molecule is COC(=O)Cc1nc2cccc(C)n2c1N=Nc1cc(C)ccc1OC. The third-order valence-electron chi connectivity index (χ3n) is 4.01. The summed E-state index contributed by atoms with van der Waals surface area (Å²) >= 11 is 0. The van der Waals surface area contributed by atoms with Crippen LogP contribution >= 0.6 is 0 Å². The van der Waals surface area contributed by atoms with Gasteiger partial charge in [-0.25, -0.2) is 4.98 Å². The van der Waals surface area contributed by atoms with Gasteiger partial charge in [0.25, 0.3) is 0 Å². The van der Waals surface area contributed by atoms with E-state index in [2.05, 4.69) is 15.2 Å². The lowest BCUT2D eigenvalue weighted by Gasteiger charge is -2.05. The largest absolute Gasteiger partial charge is 0.494 e. The van der Waals surface area contributed by atoms with Gasteiger partial charge < -0.3 is 9.47 Å². The number of aryl methyl sites for hydroxylation is 2. The Balaban J connectivity index is 2.12. The number of pyridine rings is 1. The number of carbonyl (C=O) groups excluding carboxylic acids is 1. The molecule has 26 heavy (non-hydrogen) atoms. The number of fused-ring (bicyclic) bond motifs is 1.